The van der Waals surface area contributed by atoms with Gasteiger partial charge >= 0.3 is 0 Å². The van der Waals surface area contributed by atoms with Crippen LogP contribution < -0.4 is 0 Å². The first-order valence-electron chi connectivity index (χ1n) is 10.2. The molecule has 0 bridgehead atoms. The van der Waals surface area contributed by atoms with E-state index in [1.807, 2.05) is 0 Å². The number of fused-ring (bicyclic) bond motifs is 2. The number of benzene rings is 2. The van der Waals surface area contributed by atoms with Gasteiger partial charge in [-0.2, -0.15) is 4.36 Å². The first-order chi connectivity index (χ1) is 14.8. The third kappa shape index (κ3) is 3.35. The van der Waals surface area contributed by atoms with E-state index in [0.717, 1.165) is 24.8 Å². The molecule has 160 valence electrons. The van der Waals surface area contributed by atoms with Crippen molar-refractivity contribution in [3.63, 3.8) is 0 Å². The second kappa shape index (κ2) is 7.30. The molecule has 6 nitrogen and oxygen atoms in total. The summed E-state index contributed by atoms with van der Waals surface area (Å²) < 4.78 is 30.9. The van der Waals surface area contributed by atoms with Gasteiger partial charge in [0.25, 0.3) is 5.91 Å². The molecule has 1 N–H and O–H groups in total. The lowest BCUT2D eigenvalue weighted by Crippen LogP contribution is -2.48. The van der Waals surface area contributed by atoms with Crippen LogP contribution >= 0.6 is 0 Å². The summed E-state index contributed by atoms with van der Waals surface area (Å²) in [5.74, 6) is -0.932. The van der Waals surface area contributed by atoms with Crippen LogP contribution in [0.5, 0.6) is 0 Å². The Bertz CT molecular complexity index is 1260. The predicted molar refractivity (Wildman–Crippen MR) is 116 cm³/mol. The maximum absolute atomic E-state index is 13.6. The fourth-order valence-corrected chi connectivity index (χ4v) is 6.12. The molecule has 3 aliphatic rings. The van der Waals surface area contributed by atoms with Crippen molar-refractivity contribution in [2.24, 2.45) is 15.3 Å². The smallest absolute Gasteiger partial charge is 0.261 e. The minimum atomic E-state index is -2.80. The standard InChI is InChI=1S/C23H22FN3O3S/c1-31(30)19-8-3-2-6-17(19)25-22(26-31)20-21(28)16-5-4-7-18(16)27(23(20)29)13-14-9-11-15(24)12-10-14/h2-3,6,8-12,16,18,28H,4-5,7,13H2,1H3/t16-,18+,31?/m1/s1. The highest BCUT2D eigenvalue weighted by molar-refractivity contribution is 7.93. The number of halogens is 1. The molecular weight excluding hydrogens is 417 g/mol. The molecule has 31 heavy (non-hydrogen) atoms. The van der Waals surface area contributed by atoms with E-state index in [4.69, 9.17) is 0 Å². The number of aliphatic hydroxyl groups excluding tert-OH is 1. The Hall–Kier alpha value is -3.00. The van der Waals surface area contributed by atoms with Crippen molar-refractivity contribution in [3.05, 3.63) is 71.2 Å². The van der Waals surface area contributed by atoms with Crippen molar-refractivity contribution in [3.8, 4) is 0 Å². The number of amidine groups is 1. The Kier molecular flexibility index (Phi) is 4.69. The van der Waals surface area contributed by atoms with E-state index in [-0.39, 0.29) is 40.9 Å². The van der Waals surface area contributed by atoms with Gasteiger partial charge in [-0.15, -0.1) is 0 Å². The second-order valence-corrected chi connectivity index (χ2v) is 10.4. The molecule has 1 aliphatic carbocycles. The van der Waals surface area contributed by atoms with Gasteiger partial charge in [0.05, 0.1) is 20.3 Å². The third-order valence-electron chi connectivity index (χ3n) is 6.21. The van der Waals surface area contributed by atoms with E-state index < -0.39 is 9.73 Å². The molecule has 1 saturated carbocycles. The first kappa shape index (κ1) is 19.9. The van der Waals surface area contributed by atoms with E-state index in [1.165, 1.54) is 18.4 Å². The number of carbonyl (C=O) groups is 1. The highest BCUT2D eigenvalue weighted by atomic mass is 32.2. The molecule has 2 aromatic rings. The van der Waals surface area contributed by atoms with Crippen LogP contribution in [0.4, 0.5) is 10.1 Å². The number of aliphatic hydroxyl groups is 1. The average Bonchev–Trinajstić information content (AvgIpc) is 3.22. The molecule has 2 aromatic carbocycles. The van der Waals surface area contributed by atoms with Gasteiger partial charge in [-0.1, -0.05) is 30.7 Å². The van der Waals surface area contributed by atoms with Crippen LogP contribution in [-0.2, 0) is 21.1 Å². The summed E-state index contributed by atoms with van der Waals surface area (Å²) in [6.07, 6.45) is 3.93. The van der Waals surface area contributed by atoms with E-state index in [1.54, 1.807) is 41.3 Å². The van der Waals surface area contributed by atoms with Gasteiger partial charge in [-0.05, 0) is 42.7 Å². The molecule has 2 aliphatic heterocycles. The lowest BCUT2D eigenvalue weighted by molar-refractivity contribution is -0.132. The van der Waals surface area contributed by atoms with Crippen molar-refractivity contribution in [2.45, 2.75) is 36.7 Å². The van der Waals surface area contributed by atoms with Crippen LogP contribution in [0, 0.1) is 11.7 Å². The van der Waals surface area contributed by atoms with E-state index in [9.17, 15) is 18.5 Å². The normalized spacial score (nSPS) is 27.5. The molecule has 3 atom stereocenters. The zero-order valence-corrected chi connectivity index (χ0v) is 17.8. The van der Waals surface area contributed by atoms with Gasteiger partial charge in [0.15, 0.2) is 5.84 Å². The molecule has 0 radical (unpaired) electrons. The lowest BCUT2D eigenvalue weighted by atomic mass is 9.90. The van der Waals surface area contributed by atoms with Crippen LogP contribution in [0.3, 0.4) is 0 Å². The molecule has 1 fully saturated rings. The van der Waals surface area contributed by atoms with Crippen molar-refractivity contribution in [1.29, 1.82) is 0 Å². The molecule has 0 saturated heterocycles. The summed E-state index contributed by atoms with van der Waals surface area (Å²) in [5, 5.41) is 11.0. The largest absolute Gasteiger partial charge is 0.511 e. The van der Waals surface area contributed by atoms with Crippen LogP contribution in [0.1, 0.15) is 24.8 Å². The zero-order chi connectivity index (χ0) is 21.8. The summed E-state index contributed by atoms with van der Waals surface area (Å²) in [7, 11) is -2.80. The van der Waals surface area contributed by atoms with Crippen LogP contribution in [0.2, 0.25) is 0 Å². The molecule has 8 heteroatoms. The number of hydrogen-bond acceptors (Lipinski definition) is 5. The number of amides is 1. The Balaban J connectivity index is 1.60. The van der Waals surface area contributed by atoms with Gasteiger partial charge in [0.1, 0.15) is 17.1 Å². The number of hydrogen-bond donors (Lipinski definition) is 1. The minimum absolute atomic E-state index is 0.0139. The minimum Gasteiger partial charge on any atom is -0.511 e. The van der Waals surface area contributed by atoms with Gasteiger partial charge in [0, 0.05) is 24.8 Å². The quantitative estimate of drug-likeness (QED) is 0.772. The highest BCUT2D eigenvalue weighted by Crippen LogP contribution is 2.42. The Morgan fingerprint density at radius 2 is 1.90 bits per heavy atom. The fourth-order valence-electron chi connectivity index (χ4n) is 4.73. The highest BCUT2D eigenvalue weighted by Gasteiger charge is 2.46. The third-order valence-corrected chi connectivity index (χ3v) is 7.89. The maximum atomic E-state index is 13.6. The Labute approximate surface area is 180 Å². The number of rotatable bonds is 3. The van der Waals surface area contributed by atoms with Crippen LogP contribution in [0.15, 0.2) is 74.1 Å². The van der Waals surface area contributed by atoms with Gasteiger partial charge in [-0.3, -0.25) is 4.79 Å². The number of carbonyl (C=O) groups excluding carboxylic acids is 1. The first-order valence-corrected chi connectivity index (χ1v) is 12.2. The Morgan fingerprint density at radius 1 is 1.16 bits per heavy atom. The molecule has 0 aromatic heterocycles. The van der Waals surface area contributed by atoms with E-state index >= 15 is 0 Å². The number of nitrogens with zero attached hydrogens (tertiary/aromatic N) is 3. The molecule has 5 rings (SSSR count). The maximum Gasteiger partial charge on any atom is 0.261 e. The topological polar surface area (TPSA) is 82.3 Å². The second-order valence-electron chi connectivity index (χ2n) is 8.22. The van der Waals surface area contributed by atoms with Crippen LogP contribution in [-0.4, -0.2) is 38.3 Å². The van der Waals surface area contributed by atoms with Gasteiger partial charge < -0.3 is 10.0 Å². The monoisotopic (exact) mass is 439 g/mol. The SMILES string of the molecule is CS1(=O)=NC(C2=C(O)[C@@H]3CCC[C@@H]3N(Cc3ccc(F)cc3)C2=O)=Nc2ccccc21. The molecule has 1 unspecified atom stereocenters. The zero-order valence-electron chi connectivity index (χ0n) is 17.0. The molecular formula is C23H22FN3O3S. The van der Waals surface area contributed by atoms with Gasteiger partial charge in [0.2, 0.25) is 0 Å². The summed E-state index contributed by atoms with van der Waals surface area (Å²) in [5.41, 5.74) is 1.31. The lowest BCUT2D eigenvalue weighted by Gasteiger charge is -2.38. The average molecular weight is 440 g/mol. The molecule has 0 spiro atoms. The van der Waals surface area contributed by atoms with E-state index in [2.05, 4.69) is 9.36 Å². The van der Waals surface area contributed by atoms with Gasteiger partial charge in [-0.25, -0.2) is 13.6 Å². The molecule has 2 heterocycles. The molecule has 1 amide bonds. The summed E-state index contributed by atoms with van der Waals surface area (Å²) in [6, 6.07) is 12.9. The number of aliphatic imine (C=N–C) groups is 1. The summed E-state index contributed by atoms with van der Waals surface area (Å²) >= 11 is 0. The predicted octanol–water partition coefficient (Wildman–Crippen LogP) is 4.35. The van der Waals surface area contributed by atoms with Crippen molar-refractivity contribution >= 4 is 27.2 Å². The number of para-hydroxylation sites is 1. The fraction of sp³-hybridized carbons (Fsp3) is 0.304. The summed E-state index contributed by atoms with van der Waals surface area (Å²) in [6.45, 7) is 0.294. The Morgan fingerprint density at radius 3 is 2.68 bits per heavy atom. The summed E-state index contributed by atoms with van der Waals surface area (Å²) in [4.78, 5) is 20.3. The van der Waals surface area contributed by atoms with Crippen molar-refractivity contribution in [1.82, 2.24) is 4.90 Å². The van der Waals surface area contributed by atoms with Crippen molar-refractivity contribution < 1.29 is 18.5 Å². The van der Waals surface area contributed by atoms with Crippen molar-refractivity contribution in [2.75, 3.05) is 6.26 Å². The van der Waals surface area contributed by atoms with E-state index in [0.29, 0.717) is 17.1 Å². The van der Waals surface area contributed by atoms with Crippen LogP contribution in [0.25, 0.3) is 0 Å².